The lowest BCUT2D eigenvalue weighted by Gasteiger charge is -2.06. The van der Waals surface area contributed by atoms with E-state index in [2.05, 4.69) is 22.4 Å². The summed E-state index contributed by atoms with van der Waals surface area (Å²) >= 11 is 0. The molecular weight excluding hydrogens is 242 g/mol. The quantitative estimate of drug-likeness (QED) is 0.673. The summed E-state index contributed by atoms with van der Waals surface area (Å²) in [5.41, 5.74) is 1.85. The Morgan fingerprint density at radius 2 is 2.05 bits per heavy atom. The molecule has 0 spiro atoms. The fraction of sp³-hybridized carbons (Fsp3) is 0.214. The van der Waals surface area contributed by atoms with Gasteiger partial charge in [-0.15, -0.1) is 0 Å². The molecule has 19 heavy (non-hydrogen) atoms. The van der Waals surface area contributed by atoms with Crippen molar-refractivity contribution in [2.75, 3.05) is 5.32 Å². The summed E-state index contributed by atoms with van der Waals surface area (Å²) in [6, 6.07) is 12.1. The Hall–Kier alpha value is -2.43. The molecule has 1 heterocycles. The average Bonchev–Trinajstić information content (AvgIpc) is 3.19. The van der Waals surface area contributed by atoms with Gasteiger partial charge in [0.15, 0.2) is 0 Å². The Morgan fingerprint density at radius 1 is 1.26 bits per heavy atom. The summed E-state index contributed by atoms with van der Waals surface area (Å²) in [5.74, 6) is 0.439. The number of aromatic nitrogens is 1. The third-order valence-corrected chi connectivity index (χ3v) is 3.36. The Bertz CT molecular complexity index is 601. The zero-order valence-electron chi connectivity index (χ0n) is 10.2. The summed E-state index contributed by atoms with van der Waals surface area (Å²) in [7, 11) is 0. The van der Waals surface area contributed by atoms with Crippen molar-refractivity contribution in [2.24, 2.45) is 0 Å². The predicted octanol–water partition coefficient (Wildman–Crippen LogP) is 2.96. The second-order valence-electron chi connectivity index (χ2n) is 4.65. The highest BCUT2D eigenvalue weighted by Gasteiger charge is 2.39. The molecule has 1 fully saturated rings. The van der Waals surface area contributed by atoms with Crippen molar-refractivity contribution in [2.45, 2.75) is 18.4 Å². The van der Waals surface area contributed by atoms with E-state index in [1.807, 2.05) is 18.2 Å². The Kier molecular flexibility index (Phi) is 2.87. The number of hydrogen-bond donors (Lipinski definition) is 1. The van der Waals surface area contributed by atoms with Crippen LogP contribution in [0.5, 0.6) is 0 Å². The molecule has 5 nitrogen and oxygen atoms in total. The van der Waals surface area contributed by atoms with Gasteiger partial charge in [0.05, 0.1) is 4.92 Å². The molecule has 1 aliphatic rings. The highest BCUT2D eigenvalue weighted by molar-refractivity contribution is 5.61. The number of hydrogen-bond acceptors (Lipinski definition) is 4. The summed E-state index contributed by atoms with van der Waals surface area (Å²) in [6.07, 6.45) is 3.85. The minimum absolute atomic E-state index is 0.0289. The van der Waals surface area contributed by atoms with Gasteiger partial charge in [0, 0.05) is 18.2 Å². The SMILES string of the molecule is O=[N+]([O-])c1cnccc1NC1CC1c1ccccc1. The van der Waals surface area contributed by atoms with Crippen LogP contribution in [0.2, 0.25) is 0 Å². The van der Waals surface area contributed by atoms with Gasteiger partial charge < -0.3 is 5.32 Å². The average molecular weight is 255 g/mol. The smallest absolute Gasteiger partial charge is 0.310 e. The standard InChI is InChI=1S/C14H13N3O2/c18-17(19)14-9-15-7-6-12(14)16-13-8-11(13)10-4-2-1-3-5-10/h1-7,9,11,13H,8H2,(H,15,16). The van der Waals surface area contributed by atoms with Crippen LogP contribution in [0.4, 0.5) is 11.4 Å². The number of nitro groups is 1. The maximum absolute atomic E-state index is 10.9. The second-order valence-corrected chi connectivity index (χ2v) is 4.65. The fourth-order valence-electron chi connectivity index (χ4n) is 2.28. The van der Waals surface area contributed by atoms with Crippen LogP contribution in [-0.4, -0.2) is 15.9 Å². The molecule has 2 unspecified atom stereocenters. The van der Waals surface area contributed by atoms with E-state index in [4.69, 9.17) is 0 Å². The van der Waals surface area contributed by atoms with Gasteiger partial charge in [0.25, 0.3) is 0 Å². The van der Waals surface area contributed by atoms with E-state index in [1.54, 1.807) is 12.3 Å². The number of benzene rings is 1. The Balaban J connectivity index is 1.73. The second kappa shape index (κ2) is 4.68. The van der Waals surface area contributed by atoms with Crippen LogP contribution < -0.4 is 5.32 Å². The monoisotopic (exact) mass is 255 g/mol. The Labute approximate surface area is 110 Å². The lowest BCUT2D eigenvalue weighted by Crippen LogP contribution is -2.06. The van der Waals surface area contributed by atoms with Gasteiger partial charge in [-0.05, 0) is 18.1 Å². The van der Waals surface area contributed by atoms with E-state index >= 15 is 0 Å². The summed E-state index contributed by atoms with van der Waals surface area (Å²) in [4.78, 5) is 14.3. The van der Waals surface area contributed by atoms with Crippen LogP contribution >= 0.6 is 0 Å². The molecule has 96 valence electrons. The molecule has 1 aliphatic carbocycles. The lowest BCUT2D eigenvalue weighted by atomic mass is 10.1. The highest BCUT2D eigenvalue weighted by Crippen LogP contribution is 2.43. The minimum atomic E-state index is -0.408. The molecule has 3 rings (SSSR count). The molecule has 1 saturated carbocycles. The molecule has 0 bridgehead atoms. The number of nitrogens with zero attached hydrogens (tertiary/aromatic N) is 2. The molecular formula is C14H13N3O2. The Morgan fingerprint density at radius 3 is 2.79 bits per heavy atom. The van der Waals surface area contributed by atoms with Gasteiger partial charge in [-0.25, -0.2) is 0 Å². The van der Waals surface area contributed by atoms with Gasteiger partial charge in [-0.2, -0.15) is 0 Å². The van der Waals surface area contributed by atoms with E-state index in [9.17, 15) is 10.1 Å². The van der Waals surface area contributed by atoms with Crippen LogP contribution in [0.1, 0.15) is 17.9 Å². The summed E-state index contributed by atoms with van der Waals surface area (Å²) in [5, 5.41) is 14.1. The van der Waals surface area contributed by atoms with E-state index in [0.29, 0.717) is 11.6 Å². The molecule has 1 aromatic carbocycles. The van der Waals surface area contributed by atoms with Gasteiger partial charge >= 0.3 is 5.69 Å². The highest BCUT2D eigenvalue weighted by atomic mass is 16.6. The molecule has 2 atom stereocenters. The van der Waals surface area contributed by atoms with Crippen LogP contribution in [-0.2, 0) is 0 Å². The minimum Gasteiger partial charge on any atom is -0.376 e. The van der Waals surface area contributed by atoms with Crippen molar-refractivity contribution >= 4 is 11.4 Å². The van der Waals surface area contributed by atoms with Gasteiger partial charge in [-0.3, -0.25) is 15.1 Å². The molecule has 0 amide bonds. The maximum Gasteiger partial charge on any atom is 0.310 e. The molecule has 1 N–H and O–H groups in total. The molecule has 5 heteroatoms. The van der Waals surface area contributed by atoms with Crippen LogP contribution in [0.3, 0.4) is 0 Å². The van der Waals surface area contributed by atoms with Crippen molar-refractivity contribution in [1.29, 1.82) is 0 Å². The number of nitrogens with one attached hydrogen (secondary N) is 1. The first-order valence-electron chi connectivity index (χ1n) is 6.15. The van der Waals surface area contributed by atoms with Crippen molar-refractivity contribution in [1.82, 2.24) is 4.98 Å². The fourth-order valence-corrected chi connectivity index (χ4v) is 2.28. The molecule has 0 radical (unpaired) electrons. The largest absolute Gasteiger partial charge is 0.376 e. The van der Waals surface area contributed by atoms with E-state index in [-0.39, 0.29) is 11.7 Å². The maximum atomic E-state index is 10.9. The molecule has 0 aliphatic heterocycles. The van der Waals surface area contributed by atoms with Gasteiger partial charge in [0.1, 0.15) is 11.9 Å². The number of pyridine rings is 1. The van der Waals surface area contributed by atoms with E-state index in [1.165, 1.54) is 11.8 Å². The van der Waals surface area contributed by atoms with Gasteiger partial charge in [-0.1, -0.05) is 30.3 Å². The normalized spacial score (nSPS) is 20.8. The molecule has 2 aromatic rings. The van der Waals surface area contributed by atoms with Crippen molar-refractivity contribution < 1.29 is 4.92 Å². The first kappa shape index (κ1) is 11.6. The van der Waals surface area contributed by atoms with Crippen LogP contribution in [0, 0.1) is 10.1 Å². The zero-order valence-corrected chi connectivity index (χ0v) is 10.2. The third-order valence-electron chi connectivity index (χ3n) is 3.36. The van der Waals surface area contributed by atoms with E-state index < -0.39 is 4.92 Å². The predicted molar refractivity (Wildman–Crippen MR) is 72.1 cm³/mol. The van der Waals surface area contributed by atoms with Crippen LogP contribution in [0.15, 0.2) is 48.8 Å². The first-order chi connectivity index (χ1) is 9.25. The van der Waals surface area contributed by atoms with Crippen LogP contribution in [0.25, 0.3) is 0 Å². The zero-order chi connectivity index (χ0) is 13.2. The topological polar surface area (TPSA) is 68.1 Å². The van der Waals surface area contributed by atoms with Crippen molar-refractivity contribution in [3.8, 4) is 0 Å². The molecule has 1 aromatic heterocycles. The van der Waals surface area contributed by atoms with Gasteiger partial charge in [0.2, 0.25) is 0 Å². The number of anilines is 1. The molecule has 0 saturated heterocycles. The summed E-state index contributed by atoms with van der Waals surface area (Å²) < 4.78 is 0. The van der Waals surface area contributed by atoms with Crippen molar-refractivity contribution in [3.63, 3.8) is 0 Å². The third kappa shape index (κ3) is 2.40. The first-order valence-corrected chi connectivity index (χ1v) is 6.15. The lowest BCUT2D eigenvalue weighted by molar-refractivity contribution is -0.384. The number of rotatable bonds is 4. The summed E-state index contributed by atoms with van der Waals surface area (Å²) in [6.45, 7) is 0. The van der Waals surface area contributed by atoms with Crippen molar-refractivity contribution in [3.05, 3.63) is 64.5 Å². The van der Waals surface area contributed by atoms with E-state index in [0.717, 1.165) is 6.42 Å².